The highest BCUT2D eigenvalue weighted by Crippen LogP contribution is 2.35. The second-order valence-electron chi connectivity index (χ2n) is 7.59. The Morgan fingerprint density at radius 1 is 1.21 bits per heavy atom. The number of ether oxygens (including phenoxy) is 1. The molecule has 33 heavy (non-hydrogen) atoms. The summed E-state index contributed by atoms with van der Waals surface area (Å²) in [6.45, 7) is 6.85. The highest BCUT2D eigenvalue weighted by atomic mass is 32.1. The number of aromatic nitrogens is 2. The Morgan fingerprint density at radius 2 is 1.97 bits per heavy atom. The molecule has 1 aromatic carbocycles. The molecule has 0 unspecified atom stereocenters. The number of amides is 1. The van der Waals surface area contributed by atoms with Crippen LogP contribution in [0.2, 0.25) is 0 Å². The molecular formula is C25H26N4O3S. The number of para-hydroxylation sites is 1. The van der Waals surface area contributed by atoms with Crippen molar-refractivity contribution in [2.24, 2.45) is 4.99 Å². The number of hydrogen-bond acceptors (Lipinski definition) is 6. The zero-order valence-corrected chi connectivity index (χ0v) is 19.9. The molecule has 1 atom stereocenters. The van der Waals surface area contributed by atoms with Gasteiger partial charge in [-0.15, -0.1) is 0 Å². The van der Waals surface area contributed by atoms with Crippen LogP contribution in [0.15, 0.2) is 69.8 Å². The van der Waals surface area contributed by atoms with Gasteiger partial charge in [0, 0.05) is 31.0 Å². The summed E-state index contributed by atoms with van der Waals surface area (Å²) in [6, 6.07) is 10.6. The molecule has 7 nitrogen and oxygen atoms in total. The highest BCUT2D eigenvalue weighted by molar-refractivity contribution is 7.07. The van der Waals surface area contributed by atoms with E-state index in [1.807, 2.05) is 57.2 Å². The standard InChI is InChI=1S/C25H26N4O3S/c1-5-28(6-2)24(31)21-16(3)27-25-29(22(21)18-11-7-8-12-19(18)32-4)23(30)20(33-25)14-17-10-9-13-26-15-17/h7-15,22H,5-6H2,1-4H3/b20-14+/t22-/m0/s1. The van der Waals surface area contributed by atoms with Crippen molar-refractivity contribution in [1.82, 2.24) is 14.5 Å². The lowest BCUT2D eigenvalue weighted by Gasteiger charge is -2.29. The molecule has 2 aromatic heterocycles. The van der Waals surface area contributed by atoms with E-state index in [-0.39, 0.29) is 11.5 Å². The van der Waals surface area contributed by atoms with Crippen molar-refractivity contribution < 1.29 is 9.53 Å². The molecule has 0 saturated heterocycles. The number of benzene rings is 1. The first-order valence-electron chi connectivity index (χ1n) is 10.8. The van der Waals surface area contributed by atoms with E-state index in [1.54, 1.807) is 35.0 Å². The van der Waals surface area contributed by atoms with Gasteiger partial charge in [-0.25, -0.2) is 4.99 Å². The fourth-order valence-corrected chi connectivity index (χ4v) is 5.12. The third-order valence-corrected chi connectivity index (χ3v) is 6.70. The van der Waals surface area contributed by atoms with Gasteiger partial charge in [-0.05, 0) is 44.5 Å². The number of carbonyl (C=O) groups is 1. The van der Waals surface area contributed by atoms with Crippen molar-refractivity contribution in [3.63, 3.8) is 0 Å². The minimum absolute atomic E-state index is 0.126. The van der Waals surface area contributed by atoms with Crippen LogP contribution in [0, 0.1) is 0 Å². The molecule has 0 radical (unpaired) electrons. The summed E-state index contributed by atoms with van der Waals surface area (Å²) < 4.78 is 7.78. The van der Waals surface area contributed by atoms with Gasteiger partial charge < -0.3 is 9.64 Å². The lowest BCUT2D eigenvalue weighted by atomic mass is 9.94. The first kappa shape index (κ1) is 22.7. The molecule has 0 saturated carbocycles. The SMILES string of the molecule is CCN(CC)C(=O)C1=C(C)N=c2s/c(=C/c3cccnc3)c(=O)n2[C@H]1c1ccccc1OC. The summed E-state index contributed by atoms with van der Waals surface area (Å²) in [5.74, 6) is 0.489. The molecule has 1 aliphatic rings. The van der Waals surface area contributed by atoms with Crippen LogP contribution in [0.25, 0.3) is 6.08 Å². The topological polar surface area (TPSA) is 76.8 Å². The zero-order chi connectivity index (χ0) is 23.5. The van der Waals surface area contributed by atoms with Crippen LogP contribution in [0.4, 0.5) is 0 Å². The first-order chi connectivity index (χ1) is 16.0. The van der Waals surface area contributed by atoms with Crippen LogP contribution in [-0.2, 0) is 4.79 Å². The molecule has 170 valence electrons. The van der Waals surface area contributed by atoms with Gasteiger partial charge in [0.1, 0.15) is 11.8 Å². The Hall–Kier alpha value is -3.52. The summed E-state index contributed by atoms with van der Waals surface area (Å²) in [4.78, 5) is 38.4. The van der Waals surface area contributed by atoms with E-state index in [9.17, 15) is 9.59 Å². The number of pyridine rings is 1. The molecular weight excluding hydrogens is 436 g/mol. The van der Waals surface area contributed by atoms with Gasteiger partial charge in [-0.2, -0.15) is 0 Å². The molecule has 0 bridgehead atoms. The smallest absolute Gasteiger partial charge is 0.271 e. The van der Waals surface area contributed by atoms with Gasteiger partial charge in [0.25, 0.3) is 11.5 Å². The first-order valence-corrected chi connectivity index (χ1v) is 11.7. The predicted molar refractivity (Wildman–Crippen MR) is 129 cm³/mol. The Labute approximate surface area is 196 Å². The Bertz CT molecular complexity index is 1380. The van der Waals surface area contributed by atoms with E-state index in [0.29, 0.717) is 39.4 Å². The van der Waals surface area contributed by atoms with E-state index < -0.39 is 6.04 Å². The second kappa shape index (κ2) is 9.54. The van der Waals surface area contributed by atoms with Crippen molar-refractivity contribution >= 4 is 23.3 Å². The van der Waals surface area contributed by atoms with E-state index in [0.717, 1.165) is 11.1 Å². The number of likely N-dealkylation sites (N-methyl/N-ethyl adjacent to an activating group) is 1. The number of allylic oxidation sites excluding steroid dienone is 1. The fourth-order valence-electron chi connectivity index (χ4n) is 4.08. The molecule has 0 aliphatic carbocycles. The van der Waals surface area contributed by atoms with Crippen LogP contribution in [-0.4, -0.2) is 40.6 Å². The van der Waals surface area contributed by atoms with E-state index in [4.69, 9.17) is 9.73 Å². The third kappa shape index (κ3) is 4.14. The number of methoxy groups -OCH3 is 1. The lowest BCUT2D eigenvalue weighted by molar-refractivity contribution is -0.127. The predicted octanol–water partition coefficient (Wildman–Crippen LogP) is 2.51. The average molecular weight is 463 g/mol. The van der Waals surface area contributed by atoms with Crippen LogP contribution in [0.1, 0.15) is 37.9 Å². The number of rotatable bonds is 6. The monoisotopic (exact) mass is 462 g/mol. The third-order valence-electron chi connectivity index (χ3n) is 5.72. The summed E-state index contributed by atoms with van der Waals surface area (Å²) >= 11 is 1.31. The molecule has 0 fully saturated rings. The van der Waals surface area contributed by atoms with E-state index >= 15 is 0 Å². The van der Waals surface area contributed by atoms with Crippen LogP contribution >= 0.6 is 11.3 Å². The van der Waals surface area contributed by atoms with Crippen LogP contribution in [0.3, 0.4) is 0 Å². The lowest BCUT2D eigenvalue weighted by Crippen LogP contribution is -2.43. The quantitative estimate of drug-likeness (QED) is 0.564. The van der Waals surface area contributed by atoms with E-state index in [1.165, 1.54) is 11.3 Å². The van der Waals surface area contributed by atoms with Gasteiger partial charge in [0.05, 0.1) is 22.9 Å². The average Bonchev–Trinajstić information content (AvgIpc) is 3.13. The minimum atomic E-state index is -0.637. The highest BCUT2D eigenvalue weighted by Gasteiger charge is 2.35. The van der Waals surface area contributed by atoms with Gasteiger partial charge in [-0.3, -0.25) is 19.1 Å². The Morgan fingerprint density at radius 3 is 2.64 bits per heavy atom. The van der Waals surface area contributed by atoms with Crippen molar-refractivity contribution in [2.75, 3.05) is 20.2 Å². The normalized spacial score (nSPS) is 15.8. The Balaban J connectivity index is 2.00. The second-order valence-corrected chi connectivity index (χ2v) is 8.60. The summed E-state index contributed by atoms with van der Waals surface area (Å²) in [6.07, 6.45) is 5.20. The number of thiazole rings is 1. The summed E-state index contributed by atoms with van der Waals surface area (Å²) in [5.41, 5.74) is 2.47. The molecule has 1 amide bonds. The number of nitrogens with zero attached hydrogens (tertiary/aromatic N) is 4. The maximum atomic E-state index is 13.7. The molecule has 0 spiro atoms. The van der Waals surface area contributed by atoms with Crippen molar-refractivity contribution in [1.29, 1.82) is 0 Å². The molecule has 3 heterocycles. The number of fused-ring (bicyclic) bond motifs is 1. The van der Waals surface area contributed by atoms with Crippen LogP contribution < -0.4 is 19.6 Å². The van der Waals surface area contributed by atoms with Crippen molar-refractivity contribution in [2.45, 2.75) is 26.8 Å². The summed E-state index contributed by atoms with van der Waals surface area (Å²) in [5, 5.41) is 0. The van der Waals surface area contributed by atoms with Crippen LogP contribution in [0.5, 0.6) is 5.75 Å². The van der Waals surface area contributed by atoms with Gasteiger partial charge >= 0.3 is 0 Å². The van der Waals surface area contributed by atoms with Gasteiger partial charge in [0.2, 0.25) is 0 Å². The molecule has 4 rings (SSSR count). The molecule has 8 heteroatoms. The Kier molecular flexibility index (Phi) is 6.55. The van der Waals surface area contributed by atoms with E-state index in [2.05, 4.69) is 4.98 Å². The van der Waals surface area contributed by atoms with Gasteiger partial charge in [0.15, 0.2) is 4.80 Å². The maximum absolute atomic E-state index is 13.7. The minimum Gasteiger partial charge on any atom is -0.496 e. The zero-order valence-electron chi connectivity index (χ0n) is 19.1. The largest absolute Gasteiger partial charge is 0.496 e. The summed E-state index contributed by atoms with van der Waals surface area (Å²) in [7, 11) is 1.59. The van der Waals surface area contributed by atoms with Crippen molar-refractivity contribution in [3.05, 3.63) is 90.9 Å². The molecule has 3 aromatic rings. The fraction of sp³-hybridized carbons (Fsp3) is 0.280. The molecule has 1 aliphatic heterocycles. The number of hydrogen-bond donors (Lipinski definition) is 0. The van der Waals surface area contributed by atoms with Gasteiger partial charge in [-0.1, -0.05) is 35.6 Å². The maximum Gasteiger partial charge on any atom is 0.271 e. The van der Waals surface area contributed by atoms with Crippen molar-refractivity contribution in [3.8, 4) is 5.75 Å². The number of carbonyl (C=O) groups excluding carboxylic acids is 1. The molecule has 0 N–H and O–H groups in total.